The lowest BCUT2D eigenvalue weighted by molar-refractivity contribution is -0.00755. The molecule has 0 saturated heterocycles. The summed E-state index contributed by atoms with van der Waals surface area (Å²) in [4.78, 5) is 11.8. The number of halogens is 1. The number of nitrogens with one attached hydrogen (secondary N) is 2. The summed E-state index contributed by atoms with van der Waals surface area (Å²) < 4.78 is 6.11. The maximum Gasteiger partial charge on any atom is 0.278 e. The second-order valence-electron chi connectivity index (χ2n) is 8.32. The number of hydrogen-bond donors (Lipinski definition) is 2. The van der Waals surface area contributed by atoms with E-state index in [1.807, 2.05) is 6.07 Å². The standard InChI is InChI=1S/C22H35ClN2O2S/c1-15(2)22(16(3)4,12-24-21(26)28-5)13-27-14-25-20-11-10-19(23)17-8-6-7-9-18(17)20/h10-11,15-16,25H,6-9,12-14H2,1-5H3,(H,24,26). The fourth-order valence-electron chi connectivity index (χ4n) is 4.13. The lowest BCUT2D eigenvalue weighted by Crippen LogP contribution is -2.47. The van der Waals surface area contributed by atoms with Gasteiger partial charge in [-0.25, -0.2) is 0 Å². The molecule has 4 nitrogen and oxygen atoms in total. The van der Waals surface area contributed by atoms with E-state index in [1.54, 1.807) is 6.26 Å². The topological polar surface area (TPSA) is 50.4 Å². The van der Waals surface area contributed by atoms with Crippen LogP contribution in [-0.2, 0) is 17.6 Å². The summed E-state index contributed by atoms with van der Waals surface area (Å²) in [6.45, 7) is 10.5. The Morgan fingerprint density at radius 2 is 1.82 bits per heavy atom. The summed E-state index contributed by atoms with van der Waals surface area (Å²) in [7, 11) is 0. The molecule has 1 aliphatic carbocycles. The number of anilines is 1. The molecule has 158 valence electrons. The normalized spacial score (nSPS) is 14.3. The van der Waals surface area contributed by atoms with Gasteiger partial charge >= 0.3 is 0 Å². The van der Waals surface area contributed by atoms with Crippen LogP contribution in [0.5, 0.6) is 0 Å². The molecule has 1 aliphatic rings. The van der Waals surface area contributed by atoms with Gasteiger partial charge in [-0.1, -0.05) is 51.1 Å². The predicted molar refractivity (Wildman–Crippen MR) is 122 cm³/mol. The van der Waals surface area contributed by atoms with Gasteiger partial charge in [-0.2, -0.15) is 0 Å². The first-order valence-corrected chi connectivity index (χ1v) is 11.9. The van der Waals surface area contributed by atoms with E-state index in [4.69, 9.17) is 16.3 Å². The van der Waals surface area contributed by atoms with Crippen molar-refractivity contribution in [2.24, 2.45) is 17.3 Å². The van der Waals surface area contributed by atoms with Crippen LogP contribution in [0.1, 0.15) is 51.7 Å². The smallest absolute Gasteiger partial charge is 0.278 e. The molecule has 6 heteroatoms. The third kappa shape index (κ3) is 5.58. The molecule has 28 heavy (non-hydrogen) atoms. The Morgan fingerprint density at radius 3 is 2.43 bits per heavy atom. The largest absolute Gasteiger partial charge is 0.362 e. The van der Waals surface area contributed by atoms with Gasteiger partial charge in [-0.15, -0.1) is 0 Å². The third-order valence-corrected chi connectivity index (χ3v) is 7.13. The molecule has 2 N–H and O–H groups in total. The van der Waals surface area contributed by atoms with Crippen molar-refractivity contribution < 1.29 is 9.53 Å². The molecular weight excluding hydrogens is 392 g/mol. The Kier molecular flexibility index (Phi) is 8.97. The molecule has 0 fully saturated rings. The van der Waals surface area contributed by atoms with Crippen LogP contribution in [0.4, 0.5) is 10.5 Å². The molecule has 0 aromatic heterocycles. The number of carbonyl (C=O) groups is 1. The van der Waals surface area contributed by atoms with Crippen molar-refractivity contribution in [2.45, 2.75) is 53.4 Å². The van der Waals surface area contributed by atoms with Crippen LogP contribution in [0, 0.1) is 17.3 Å². The van der Waals surface area contributed by atoms with Crippen LogP contribution in [-0.4, -0.2) is 31.4 Å². The molecule has 0 unspecified atom stereocenters. The molecule has 0 bridgehead atoms. The van der Waals surface area contributed by atoms with E-state index in [1.165, 1.54) is 35.7 Å². The lowest BCUT2D eigenvalue weighted by atomic mass is 9.69. The number of carbonyl (C=O) groups excluding carboxylic acids is 1. The lowest BCUT2D eigenvalue weighted by Gasteiger charge is -2.41. The van der Waals surface area contributed by atoms with Gasteiger partial charge in [0.2, 0.25) is 0 Å². The van der Waals surface area contributed by atoms with E-state index >= 15 is 0 Å². The van der Waals surface area contributed by atoms with E-state index in [9.17, 15) is 4.79 Å². The zero-order valence-electron chi connectivity index (χ0n) is 17.9. The van der Waals surface area contributed by atoms with Crippen LogP contribution in [0.15, 0.2) is 12.1 Å². The summed E-state index contributed by atoms with van der Waals surface area (Å²) in [6.07, 6.45) is 6.35. The molecule has 0 aliphatic heterocycles. The highest BCUT2D eigenvalue weighted by molar-refractivity contribution is 8.12. The third-order valence-electron chi connectivity index (χ3n) is 6.26. The first-order valence-electron chi connectivity index (χ1n) is 10.3. The second-order valence-corrected chi connectivity index (χ2v) is 9.50. The first kappa shape index (κ1) is 23.4. The number of fused-ring (bicyclic) bond motifs is 1. The molecule has 1 amide bonds. The van der Waals surface area contributed by atoms with Crippen molar-refractivity contribution in [3.05, 3.63) is 28.3 Å². The van der Waals surface area contributed by atoms with Gasteiger partial charge in [0, 0.05) is 22.7 Å². The van der Waals surface area contributed by atoms with Crippen LogP contribution >= 0.6 is 23.4 Å². The Labute approximate surface area is 179 Å². The molecule has 0 saturated carbocycles. The molecule has 0 heterocycles. The van der Waals surface area contributed by atoms with Crippen molar-refractivity contribution in [3.8, 4) is 0 Å². The Bertz CT molecular complexity index is 656. The monoisotopic (exact) mass is 426 g/mol. The Hall–Kier alpha value is -0.910. The van der Waals surface area contributed by atoms with Crippen molar-refractivity contribution >= 4 is 34.3 Å². The second kappa shape index (κ2) is 10.7. The van der Waals surface area contributed by atoms with Gasteiger partial charge in [-0.05, 0) is 67.0 Å². The molecule has 1 aromatic rings. The minimum absolute atomic E-state index is 0.0107. The van der Waals surface area contributed by atoms with E-state index in [2.05, 4.69) is 44.4 Å². The minimum Gasteiger partial charge on any atom is -0.362 e. The molecule has 0 radical (unpaired) electrons. The summed E-state index contributed by atoms with van der Waals surface area (Å²) in [6, 6.07) is 4.05. The summed E-state index contributed by atoms with van der Waals surface area (Å²) >= 11 is 7.60. The number of benzene rings is 1. The number of rotatable bonds is 9. The van der Waals surface area contributed by atoms with Crippen molar-refractivity contribution in [1.82, 2.24) is 5.32 Å². The molecule has 2 rings (SSSR count). The van der Waals surface area contributed by atoms with E-state index in [0.717, 1.165) is 23.6 Å². The van der Waals surface area contributed by atoms with E-state index < -0.39 is 0 Å². The summed E-state index contributed by atoms with van der Waals surface area (Å²) in [5.74, 6) is 0.774. The number of amides is 1. The summed E-state index contributed by atoms with van der Waals surface area (Å²) in [5.41, 5.74) is 3.66. The molecular formula is C22H35ClN2O2S. The number of hydrogen-bond acceptors (Lipinski definition) is 4. The average molecular weight is 427 g/mol. The zero-order chi connectivity index (χ0) is 20.7. The van der Waals surface area contributed by atoms with Gasteiger partial charge in [0.25, 0.3) is 5.24 Å². The minimum atomic E-state index is -0.105. The highest BCUT2D eigenvalue weighted by Crippen LogP contribution is 2.36. The van der Waals surface area contributed by atoms with Gasteiger partial charge < -0.3 is 15.4 Å². The van der Waals surface area contributed by atoms with Crippen molar-refractivity contribution in [1.29, 1.82) is 0 Å². The fraction of sp³-hybridized carbons (Fsp3) is 0.682. The van der Waals surface area contributed by atoms with Gasteiger partial charge in [-0.3, -0.25) is 4.79 Å². The number of ether oxygens (including phenoxy) is 1. The SMILES string of the molecule is CSC(=O)NCC(COCNc1ccc(Cl)c2c1CCCC2)(C(C)C)C(C)C. The van der Waals surface area contributed by atoms with Crippen LogP contribution in [0.25, 0.3) is 0 Å². The molecule has 0 atom stereocenters. The maximum atomic E-state index is 11.8. The number of thioether (sulfide) groups is 1. The van der Waals surface area contributed by atoms with E-state index in [-0.39, 0.29) is 10.7 Å². The Balaban J connectivity index is 2.00. The predicted octanol–water partition coefficient (Wildman–Crippen LogP) is 5.98. The summed E-state index contributed by atoms with van der Waals surface area (Å²) in [5, 5.41) is 7.39. The highest BCUT2D eigenvalue weighted by Gasteiger charge is 2.38. The Morgan fingerprint density at radius 1 is 1.18 bits per heavy atom. The van der Waals surface area contributed by atoms with Crippen LogP contribution in [0.3, 0.4) is 0 Å². The van der Waals surface area contributed by atoms with Gasteiger partial charge in [0.15, 0.2) is 0 Å². The van der Waals surface area contributed by atoms with Crippen LogP contribution in [0.2, 0.25) is 5.02 Å². The molecule has 1 aromatic carbocycles. The maximum absolute atomic E-state index is 11.8. The average Bonchev–Trinajstić information content (AvgIpc) is 2.68. The first-order chi connectivity index (χ1) is 13.3. The molecule has 0 spiro atoms. The van der Waals surface area contributed by atoms with Crippen molar-refractivity contribution in [2.75, 3.05) is 31.5 Å². The fourth-order valence-corrected chi connectivity index (χ4v) is 4.62. The van der Waals surface area contributed by atoms with Crippen molar-refractivity contribution in [3.63, 3.8) is 0 Å². The van der Waals surface area contributed by atoms with Gasteiger partial charge in [0.05, 0.1) is 6.61 Å². The van der Waals surface area contributed by atoms with Crippen LogP contribution < -0.4 is 10.6 Å². The van der Waals surface area contributed by atoms with Gasteiger partial charge in [0.1, 0.15) is 6.73 Å². The zero-order valence-corrected chi connectivity index (χ0v) is 19.4. The van der Waals surface area contributed by atoms with E-state index in [0.29, 0.717) is 31.7 Å². The highest BCUT2D eigenvalue weighted by atomic mass is 35.5. The quantitative estimate of drug-likeness (QED) is 0.377.